The molecule has 0 spiro atoms. The number of hydrogen-bond acceptors (Lipinski definition) is 2. The van der Waals surface area contributed by atoms with E-state index in [2.05, 4.69) is 10.2 Å². The first-order valence-corrected chi connectivity index (χ1v) is 6.26. The van der Waals surface area contributed by atoms with Gasteiger partial charge in [-0.3, -0.25) is 0 Å². The summed E-state index contributed by atoms with van der Waals surface area (Å²) in [7, 11) is 0. The van der Waals surface area contributed by atoms with Crippen molar-refractivity contribution in [2.45, 2.75) is 6.42 Å². The molecule has 0 radical (unpaired) electrons. The van der Waals surface area contributed by atoms with Crippen LogP contribution in [0.3, 0.4) is 0 Å². The zero-order chi connectivity index (χ0) is 13.2. The number of aromatic nitrogens is 2. The van der Waals surface area contributed by atoms with E-state index in [1.807, 2.05) is 24.3 Å². The molecule has 3 rings (SSSR count). The van der Waals surface area contributed by atoms with E-state index in [1.54, 1.807) is 12.1 Å². The van der Waals surface area contributed by atoms with Gasteiger partial charge < -0.3 is 0 Å². The number of rotatable bonds is 2. The lowest BCUT2D eigenvalue weighted by molar-refractivity contribution is 0.627. The van der Waals surface area contributed by atoms with E-state index in [-0.39, 0.29) is 5.82 Å². The maximum Gasteiger partial charge on any atom is 0.159 e. The molecule has 1 aromatic heterocycles. The van der Waals surface area contributed by atoms with Crippen LogP contribution in [-0.4, -0.2) is 10.2 Å². The van der Waals surface area contributed by atoms with Gasteiger partial charge in [0.2, 0.25) is 0 Å². The van der Waals surface area contributed by atoms with Gasteiger partial charge in [-0.25, -0.2) is 4.39 Å². The first kappa shape index (κ1) is 12.1. The molecule has 0 fully saturated rings. The summed E-state index contributed by atoms with van der Waals surface area (Å²) in [6.45, 7) is 0. The normalized spacial score (nSPS) is 10.8. The molecule has 4 heteroatoms. The molecule has 0 saturated heterocycles. The van der Waals surface area contributed by atoms with Gasteiger partial charge >= 0.3 is 0 Å². The SMILES string of the molecule is Fc1ccc(Cc2nnc(Cl)c3ccccc23)cc1. The Labute approximate surface area is 114 Å². The fraction of sp³-hybridized carbons (Fsp3) is 0.0667. The molecule has 0 saturated carbocycles. The maximum atomic E-state index is 12.9. The largest absolute Gasteiger partial charge is 0.207 e. The number of benzene rings is 2. The monoisotopic (exact) mass is 272 g/mol. The summed E-state index contributed by atoms with van der Waals surface area (Å²) in [5, 5.41) is 10.4. The number of nitrogens with zero attached hydrogens (tertiary/aromatic N) is 2. The van der Waals surface area contributed by atoms with Crippen molar-refractivity contribution >= 4 is 22.4 Å². The summed E-state index contributed by atoms with van der Waals surface area (Å²) in [4.78, 5) is 0. The van der Waals surface area contributed by atoms with Crippen LogP contribution < -0.4 is 0 Å². The second-order valence-electron chi connectivity index (χ2n) is 4.29. The lowest BCUT2D eigenvalue weighted by Crippen LogP contribution is -1.97. The van der Waals surface area contributed by atoms with E-state index >= 15 is 0 Å². The van der Waals surface area contributed by atoms with Gasteiger partial charge in [-0.2, -0.15) is 5.10 Å². The smallest absolute Gasteiger partial charge is 0.159 e. The molecule has 19 heavy (non-hydrogen) atoms. The Morgan fingerprint density at radius 2 is 1.58 bits per heavy atom. The summed E-state index contributed by atoms with van der Waals surface area (Å²) in [5.41, 5.74) is 1.83. The molecule has 2 nitrogen and oxygen atoms in total. The minimum absolute atomic E-state index is 0.240. The lowest BCUT2D eigenvalue weighted by atomic mass is 10.0. The van der Waals surface area contributed by atoms with E-state index in [1.165, 1.54) is 12.1 Å². The van der Waals surface area contributed by atoms with Gasteiger partial charge in [-0.15, -0.1) is 5.10 Å². The van der Waals surface area contributed by atoms with E-state index in [0.29, 0.717) is 11.6 Å². The van der Waals surface area contributed by atoms with Crippen LogP contribution in [0.2, 0.25) is 5.15 Å². The Balaban J connectivity index is 2.06. The van der Waals surface area contributed by atoms with Crippen LogP contribution >= 0.6 is 11.6 Å². The topological polar surface area (TPSA) is 25.8 Å². The zero-order valence-electron chi connectivity index (χ0n) is 9.98. The molecule has 3 aromatic rings. The fourth-order valence-electron chi connectivity index (χ4n) is 2.05. The molecule has 1 heterocycles. The minimum atomic E-state index is -0.240. The molecule has 2 aromatic carbocycles. The average molecular weight is 273 g/mol. The second-order valence-corrected chi connectivity index (χ2v) is 4.64. The number of hydrogen-bond donors (Lipinski definition) is 0. The van der Waals surface area contributed by atoms with Crippen molar-refractivity contribution in [1.82, 2.24) is 10.2 Å². The Morgan fingerprint density at radius 3 is 2.32 bits per heavy atom. The predicted octanol–water partition coefficient (Wildman–Crippen LogP) is 4.01. The third-order valence-electron chi connectivity index (χ3n) is 3.00. The van der Waals surface area contributed by atoms with E-state index in [4.69, 9.17) is 11.6 Å². The van der Waals surface area contributed by atoms with E-state index in [9.17, 15) is 4.39 Å². The summed E-state index contributed by atoms with van der Waals surface area (Å²) < 4.78 is 12.9. The van der Waals surface area contributed by atoms with Gasteiger partial charge in [-0.05, 0) is 17.7 Å². The van der Waals surface area contributed by atoms with Crippen molar-refractivity contribution < 1.29 is 4.39 Å². The zero-order valence-corrected chi connectivity index (χ0v) is 10.7. The first-order chi connectivity index (χ1) is 9.24. The molecule has 0 N–H and O–H groups in total. The molecule has 0 bridgehead atoms. The first-order valence-electron chi connectivity index (χ1n) is 5.88. The standard InChI is InChI=1S/C15H10ClFN2/c16-15-13-4-2-1-3-12(13)14(18-19-15)9-10-5-7-11(17)8-6-10/h1-8H,9H2. The fourth-order valence-corrected chi connectivity index (χ4v) is 2.26. The quantitative estimate of drug-likeness (QED) is 0.704. The Morgan fingerprint density at radius 1 is 0.895 bits per heavy atom. The van der Waals surface area contributed by atoms with Gasteiger partial charge in [0.25, 0.3) is 0 Å². The van der Waals surface area contributed by atoms with E-state index in [0.717, 1.165) is 22.0 Å². The molecular formula is C15H10ClFN2. The van der Waals surface area contributed by atoms with Crippen LogP contribution in [0.4, 0.5) is 4.39 Å². The van der Waals surface area contributed by atoms with Gasteiger partial charge in [0.15, 0.2) is 5.15 Å². The molecule has 0 atom stereocenters. The molecule has 0 aliphatic heterocycles. The van der Waals surface area contributed by atoms with Crippen LogP contribution in [0.15, 0.2) is 48.5 Å². The lowest BCUT2D eigenvalue weighted by Gasteiger charge is -2.06. The average Bonchev–Trinajstić information content (AvgIpc) is 2.45. The number of fused-ring (bicyclic) bond motifs is 1. The molecule has 0 aliphatic carbocycles. The van der Waals surface area contributed by atoms with Crippen LogP contribution in [0.5, 0.6) is 0 Å². The van der Waals surface area contributed by atoms with Crippen LogP contribution in [0.1, 0.15) is 11.3 Å². The van der Waals surface area contributed by atoms with Gasteiger partial charge in [0.1, 0.15) is 5.82 Å². The molecule has 94 valence electrons. The van der Waals surface area contributed by atoms with Crippen molar-refractivity contribution in [1.29, 1.82) is 0 Å². The van der Waals surface area contributed by atoms with Crippen molar-refractivity contribution in [3.63, 3.8) is 0 Å². The van der Waals surface area contributed by atoms with Crippen LogP contribution in [0, 0.1) is 5.82 Å². The van der Waals surface area contributed by atoms with Crippen molar-refractivity contribution in [3.8, 4) is 0 Å². The predicted molar refractivity (Wildman–Crippen MR) is 73.8 cm³/mol. The molecule has 0 aliphatic rings. The minimum Gasteiger partial charge on any atom is -0.207 e. The third-order valence-corrected chi connectivity index (χ3v) is 3.28. The van der Waals surface area contributed by atoms with Crippen LogP contribution in [-0.2, 0) is 6.42 Å². The Bertz CT molecular complexity index is 726. The van der Waals surface area contributed by atoms with Crippen molar-refractivity contribution in [2.75, 3.05) is 0 Å². The maximum absolute atomic E-state index is 12.9. The Hall–Kier alpha value is -2.00. The highest BCUT2D eigenvalue weighted by molar-refractivity contribution is 6.34. The molecule has 0 amide bonds. The number of halogens is 2. The van der Waals surface area contributed by atoms with Crippen molar-refractivity contribution in [3.05, 3.63) is 70.8 Å². The highest BCUT2D eigenvalue weighted by Gasteiger charge is 2.08. The Kier molecular flexibility index (Phi) is 3.13. The highest BCUT2D eigenvalue weighted by atomic mass is 35.5. The summed E-state index contributed by atoms with van der Waals surface area (Å²) in [6.07, 6.45) is 0.602. The summed E-state index contributed by atoms with van der Waals surface area (Å²) in [5.74, 6) is -0.240. The summed E-state index contributed by atoms with van der Waals surface area (Å²) >= 11 is 6.03. The molecule has 0 unspecified atom stereocenters. The van der Waals surface area contributed by atoms with Gasteiger partial charge in [-0.1, -0.05) is 48.0 Å². The van der Waals surface area contributed by atoms with Gasteiger partial charge in [0, 0.05) is 17.2 Å². The van der Waals surface area contributed by atoms with Crippen molar-refractivity contribution in [2.24, 2.45) is 0 Å². The van der Waals surface area contributed by atoms with Crippen LogP contribution in [0.25, 0.3) is 10.8 Å². The third kappa shape index (κ3) is 2.42. The van der Waals surface area contributed by atoms with E-state index < -0.39 is 0 Å². The molecular weight excluding hydrogens is 263 g/mol. The van der Waals surface area contributed by atoms with Gasteiger partial charge in [0.05, 0.1) is 5.69 Å². The highest BCUT2D eigenvalue weighted by Crippen LogP contribution is 2.24. The second kappa shape index (κ2) is 4.94. The summed E-state index contributed by atoms with van der Waals surface area (Å²) in [6, 6.07) is 14.1.